The Kier molecular flexibility index (Phi) is 4.21. The van der Waals surface area contributed by atoms with E-state index in [1.807, 2.05) is 12.1 Å². The van der Waals surface area contributed by atoms with Gasteiger partial charge in [-0.15, -0.1) is 0 Å². The lowest BCUT2D eigenvalue weighted by molar-refractivity contribution is 0.273. The third-order valence-corrected chi connectivity index (χ3v) is 9.07. The predicted octanol–water partition coefficient (Wildman–Crippen LogP) is 5.21. The number of H-pyrrole nitrogens is 1. The summed E-state index contributed by atoms with van der Waals surface area (Å²) >= 11 is 6.06. The van der Waals surface area contributed by atoms with Crippen LogP contribution in [0.1, 0.15) is 32.0 Å². The highest BCUT2D eigenvalue weighted by atomic mass is 35.5. The lowest BCUT2D eigenvalue weighted by Gasteiger charge is -2.36. The van der Waals surface area contributed by atoms with Crippen molar-refractivity contribution in [1.82, 2.24) is 4.98 Å². The number of benzene rings is 1. The Labute approximate surface area is 132 Å². The van der Waals surface area contributed by atoms with E-state index in [-0.39, 0.29) is 5.04 Å². The molecule has 5 heteroatoms. The average molecular weight is 321 g/mol. The summed E-state index contributed by atoms with van der Waals surface area (Å²) in [5, 5.41) is 10.7. The molecular formula is C16H21ClN2OSi. The Morgan fingerprint density at radius 3 is 2.52 bits per heavy atom. The fourth-order valence-corrected chi connectivity index (χ4v) is 3.01. The molecule has 0 aliphatic rings. The molecule has 0 aliphatic heterocycles. The normalized spacial score (nSPS) is 12.6. The molecule has 1 heterocycles. The highest BCUT2D eigenvalue weighted by molar-refractivity contribution is 6.74. The second-order valence-corrected chi connectivity index (χ2v) is 12.1. The van der Waals surface area contributed by atoms with Crippen molar-refractivity contribution < 1.29 is 4.43 Å². The number of hydrogen-bond acceptors (Lipinski definition) is 2. The molecule has 0 radical (unpaired) electrons. The van der Waals surface area contributed by atoms with Gasteiger partial charge in [0.2, 0.25) is 0 Å². The lowest BCUT2D eigenvalue weighted by Crippen LogP contribution is -2.40. The molecule has 0 amide bonds. The van der Waals surface area contributed by atoms with E-state index in [2.05, 4.69) is 44.9 Å². The van der Waals surface area contributed by atoms with Crippen molar-refractivity contribution in [3.63, 3.8) is 0 Å². The first-order valence-electron chi connectivity index (χ1n) is 6.99. The van der Waals surface area contributed by atoms with Crippen LogP contribution in [-0.2, 0) is 11.0 Å². The van der Waals surface area contributed by atoms with Gasteiger partial charge in [0.1, 0.15) is 6.07 Å². The fraction of sp³-hybridized carbons (Fsp3) is 0.438. The molecule has 0 spiro atoms. The van der Waals surface area contributed by atoms with Gasteiger partial charge in [0, 0.05) is 16.6 Å². The maximum atomic E-state index is 9.02. The van der Waals surface area contributed by atoms with Gasteiger partial charge in [0.25, 0.3) is 0 Å². The van der Waals surface area contributed by atoms with E-state index in [1.54, 1.807) is 6.07 Å². The first-order chi connectivity index (χ1) is 9.64. The lowest BCUT2D eigenvalue weighted by atomic mass is 10.2. The summed E-state index contributed by atoms with van der Waals surface area (Å²) < 4.78 is 6.21. The Morgan fingerprint density at radius 2 is 1.95 bits per heavy atom. The van der Waals surface area contributed by atoms with Crippen molar-refractivity contribution in [2.24, 2.45) is 0 Å². The molecule has 3 nitrogen and oxygen atoms in total. The topological polar surface area (TPSA) is 48.8 Å². The second kappa shape index (κ2) is 5.49. The summed E-state index contributed by atoms with van der Waals surface area (Å²) in [6.07, 6.45) is 0. The third-order valence-electron chi connectivity index (χ3n) is 4.28. The number of nitrogens with one attached hydrogen (secondary N) is 1. The van der Waals surface area contributed by atoms with Gasteiger partial charge in [0.15, 0.2) is 8.32 Å². The van der Waals surface area contributed by atoms with Gasteiger partial charge in [-0.3, -0.25) is 0 Å². The first-order valence-corrected chi connectivity index (χ1v) is 10.3. The second-order valence-electron chi connectivity index (χ2n) is 6.87. The molecule has 2 rings (SSSR count). The number of fused-ring (bicyclic) bond motifs is 1. The number of nitriles is 1. The van der Waals surface area contributed by atoms with Crippen molar-refractivity contribution in [3.05, 3.63) is 34.5 Å². The van der Waals surface area contributed by atoms with Crippen LogP contribution >= 0.6 is 11.6 Å². The van der Waals surface area contributed by atoms with Crippen LogP contribution < -0.4 is 0 Å². The van der Waals surface area contributed by atoms with Crippen molar-refractivity contribution in [2.45, 2.75) is 45.5 Å². The maximum absolute atomic E-state index is 9.02. The van der Waals surface area contributed by atoms with Crippen molar-refractivity contribution in [2.75, 3.05) is 0 Å². The van der Waals surface area contributed by atoms with Gasteiger partial charge < -0.3 is 9.41 Å². The number of nitrogens with zero attached hydrogens (tertiary/aromatic N) is 1. The summed E-state index contributed by atoms with van der Waals surface area (Å²) in [4.78, 5) is 3.32. The van der Waals surface area contributed by atoms with E-state index in [9.17, 15) is 0 Å². The van der Waals surface area contributed by atoms with E-state index in [0.717, 1.165) is 16.6 Å². The molecule has 0 unspecified atom stereocenters. The SMILES string of the molecule is CC(C)(C)[Si](C)(C)OCc1cc2cc(C#N)c(Cl)cc2[nH]1. The fourth-order valence-electron chi connectivity index (χ4n) is 1.85. The standard InChI is InChI=1S/C16H21ClN2OSi/c1-16(2,3)21(4,5)20-10-13-7-11-6-12(9-18)14(17)8-15(11)19-13/h6-8,19H,10H2,1-5H3. The minimum absolute atomic E-state index is 0.191. The van der Waals surface area contributed by atoms with E-state index < -0.39 is 8.32 Å². The van der Waals surface area contributed by atoms with Crippen molar-refractivity contribution in [3.8, 4) is 6.07 Å². The molecule has 0 aliphatic carbocycles. The van der Waals surface area contributed by atoms with Gasteiger partial charge in [-0.2, -0.15) is 5.26 Å². The van der Waals surface area contributed by atoms with Crippen LogP contribution in [0.5, 0.6) is 0 Å². The molecule has 1 aromatic carbocycles. The minimum Gasteiger partial charge on any atom is -0.411 e. The van der Waals surface area contributed by atoms with Gasteiger partial charge in [-0.25, -0.2) is 0 Å². The summed E-state index contributed by atoms with van der Waals surface area (Å²) in [6, 6.07) is 7.74. The average Bonchev–Trinajstić information content (AvgIpc) is 2.75. The van der Waals surface area contributed by atoms with E-state index >= 15 is 0 Å². The number of rotatable bonds is 3. The Bertz CT molecular complexity index is 707. The van der Waals surface area contributed by atoms with Crippen LogP contribution in [0, 0.1) is 11.3 Å². The zero-order valence-corrected chi connectivity index (χ0v) is 14.9. The molecule has 112 valence electrons. The first kappa shape index (κ1) is 16.1. The number of aromatic amines is 1. The van der Waals surface area contributed by atoms with Gasteiger partial charge in [0.05, 0.1) is 17.2 Å². The van der Waals surface area contributed by atoms with Crippen LogP contribution in [0.15, 0.2) is 18.2 Å². The van der Waals surface area contributed by atoms with Gasteiger partial charge in [-0.05, 0) is 36.3 Å². The van der Waals surface area contributed by atoms with Crippen LogP contribution in [0.4, 0.5) is 0 Å². The molecule has 21 heavy (non-hydrogen) atoms. The van der Waals surface area contributed by atoms with Gasteiger partial charge in [-0.1, -0.05) is 32.4 Å². The zero-order chi connectivity index (χ0) is 15.8. The third kappa shape index (κ3) is 3.32. The predicted molar refractivity (Wildman–Crippen MR) is 90.0 cm³/mol. The zero-order valence-electron chi connectivity index (χ0n) is 13.2. The monoisotopic (exact) mass is 320 g/mol. The summed E-state index contributed by atoms with van der Waals surface area (Å²) in [6.45, 7) is 11.7. The molecule has 0 fully saturated rings. The molecule has 0 atom stereocenters. The number of halogens is 1. The van der Waals surface area contributed by atoms with Crippen LogP contribution in [0.2, 0.25) is 23.2 Å². The number of aromatic nitrogens is 1. The summed E-state index contributed by atoms with van der Waals surface area (Å²) in [5.74, 6) is 0. The quantitative estimate of drug-likeness (QED) is 0.789. The molecule has 1 aromatic heterocycles. The Morgan fingerprint density at radius 1 is 1.29 bits per heavy atom. The van der Waals surface area contributed by atoms with E-state index in [1.165, 1.54) is 0 Å². The van der Waals surface area contributed by atoms with Crippen molar-refractivity contribution in [1.29, 1.82) is 5.26 Å². The number of hydrogen-bond donors (Lipinski definition) is 1. The highest BCUT2D eigenvalue weighted by Gasteiger charge is 2.37. The van der Waals surface area contributed by atoms with Crippen LogP contribution in [0.25, 0.3) is 10.9 Å². The highest BCUT2D eigenvalue weighted by Crippen LogP contribution is 2.37. The smallest absolute Gasteiger partial charge is 0.192 e. The Hall–Kier alpha value is -1.28. The molecular weight excluding hydrogens is 300 g/mol. The van der Waals surface area contributed by atoms with E-state index in [0.29, 0.717) is 17.2 Å². The largest absolute Gasteiger partial charge is 0.411 e. The van der Waals surface area contributed by atoms with E-state index in [4.69, 9.17) is 21.3 Å². The summed E-state index contributed by atoms with van der Waals surface area (Å²) in [5.41, 5.74) is 2.45. The van der Waals surface area contributed by atoms with Crippen LogP contribution in [-0.4, -0.2) is 13.3 Å². The molecule has 0 bridgehead atoms. The van der Waals surface area contributed by atoms with Crippen LogP contribution in [0.3, 0.4) is 0 Å². The molecule has 1 N–H and O–H groups in total. The van der Waals surface area contributed by atoms with Crippen molar-refractivity contribution >= 4 is 30.8 Å². The Balaban J connectivity index is 2.23. The maximum Gasteiger partial charge on any atom is 0.192 e. The van der Waals surface area contributed by atoms with Gasteiger partial charge >= 0.3 is 0 Å². The minimum atomic E-state index is -1.76. The summed E-state index contributed by atoms with van der Waals surface area (Å²) in [7, 11) is -1.76. The molecule has 0 saturated heterocycles. The molecule has 0 saturated carbocycles. The molecule has 2 aromatic rings.